The van der Waals surface area contributed by atoms with Gasteiger partial charge in [0.25, 0.3) is 0 Å². The molecule has 1 aromatic heterocycles. The van der Waals surface area contributed by atoms with E-state index in [0.717, 1.165) is 0 Å². The highest BCUT2D eigenvalue weighted by atomic mass is 127. The summed E-state index contributed by atoms with van der Waals surface area (Å²) in [6.07, 6.45) is 1.71. The molecule has 2 nitrogen and oxygen atoms in total. The van der Waals surface area contributed by atoms with Gasteiger partial charge in [-0.2, -0.15) is 0 Å². The summed E-state index contributed by atoms with van der Waals surface area (Å²) in [4.78, 5) is 3.94. The summed E-state index contributed by atoms with van der Waals surface area (Å²) in [5.74, 6) is 0.687. The molecule has 0 aliphatic heterocycles. The van der Waals surface area contributed by atoms with E-state index in [1.165, 1.54) is 0 Å². The van der Waals surface area contributed by atoms with Crippen molar-refractivity contribution in [3.05, 3.63) is 24.4 Å². The Morgan fingerprint density at radius 2 is 2.44 bits per heavy atom. The standard InChI is InChI=1S/C6H6INO/c7-5-9-6-3-1-2-4-8-6/h1-4H,5H2. The van der Waals surface area contributed by atoms with Gasteiger partial charge in [-0.25, -0.2) is 4.98 Å². The van der Waals surface area contributed by atoms with Crippen LogP contribution in [0.15, 0.2) is 24.4 Å². The van der Waals surface area contributed by atoms with E-state index in [1.807, 2.05) is 18.2 Å². The van der Waals surface area contributed by atoms with Crippen molar-refractivity contribution in [2.45, 2.75) is 0 Å². The van der Waals surface area contributed by atoms with Crippen molar-refractivity contribution in [3.8, 4) is 5.88 Å². The Morgan fingerprint density at radius 3 is 3.00 bits per heavy atom. The molecule has 0 N–H and O–H groups in total. The number of hydrogen-bond donors (Lipinski definition) is 0. The van der Waals surface area contributed by atoms with E-state index in [0.29, 0.717) is 10.5 Å². The van der Waals surface area contributed by atoms with Gasteiger partial charge in [0, 0.05) is 12.3 Å². The van der Waals surface area contributed by atoms with Crippen LogP contribution in [0, 0.1) is 0 Å². The number of ether oxygens (including phenoxy) is 1. The Bertz CT molecular complexity index is 166. The molecule has 0 aliphatic carbocycles. The zero-order valence-corrected chi connectivity index (χ0v) is 6.91. The molecule has 0 spiro atoms. The van der Waals surface area contributed by atoms with Crippen molar-refractivity contribution >= 4 is 22.6 Å². The summed E-state index contributed by atoms with van der Waals surface area (Å²) in [6.45, 7) is 0. The van der Waals surface area contributed by atoms with Crippen LogP contribution in [-0.4, -0.2) is 9.60 Å². The van der Waals surface area contributed by atoms with E-state index in [1.54, 1.807) is 6.20 Å². The van der Waals surface area contributed by atoms with Crippen LogP contribution in [0.25, 0.3) is 0 Å². The molecule has 0 aliphatic rings. The molecule has 0 saturated carbocycles. The van der Waals surface area contributed by atoms with Crippen molar-refractivity contribution < 1.29 is 4.74 Å². The van der Waals surface area contributed by atoms with Crippen LogP contribution in [0.1, 0.15) is 0 Å². The van der Waals surface area contributed by atoms with Gasteiger partial charge in [-0.15, -0.1) is 0 Å². The maximum Gasteiger partial charge on any atom is 0.213 e. The Hall–Kier alpha value is -0.320. The van der Waals surface area contributed by atoms with Crippen molar-refractivity contribution in [3.63, 3.8) is 0 Å². The molecule has 48 valence electrons. The average Bonchev–Trinajstić information content (AvgIpc) is 1.91. The van der Waals surface area contributed by atoms with Gasteiger partial charge in [-0.1, -0.05) is 6.07 Å². The fourth-order valence-corrected chi connectivity index (χ4v) is 0.807. The van der Waals surface area contributed by atoms with Crippen LogP contribution in [0.3, 0.4) is 0 Å². The summed E-state index contributed by atoms with van der Waals surface area (Å²) < 4.78 is 5.73. The molecule has 1 rings (SSSR count). The molecule has 1 aromatic rings. The van der Waals surface area contributed by atoms with Crippen molar-refractivity contribution in [1.82, 2.24) is 4.98 Å². The Balaban J connectivity index is 2.61. The minimum atomic E-state index is 0.648. The Labute approximate surface area is 67.4 Å². The third-order valence-electron chi connectivity index (χ3n) is 0.840. The highest BCUT2D eigenvalue weighted by Gasteiger charge is 1.86. The van der Waals surface area contributed by atoms with Crippen LogP contribution in [-0.2, 0) is 0 Å². The number of pyridine rings is 1. The molecular weight excluding hydrogens is 229 g/mol. The molecule has 0 amide bonds. The second kappa shape index (κ2) is 3.66. The van der Waals surface area contributed by atoms with Gasteiger partial charge >= 0.3 is 0 Å². The van der Waals surface area contributed by atoms with Gasteiger partial charge in [0.15, 0.2) is 0 Å². The molecule has 1 heterocycles. The Kier molecular flexibility index (Phi) is 2.76. The number of aromatic nitrogens is 1. The molecule has 3 heteroatoms. The monoisotopic (exact) mass is 235 g/mol. The molecule has 9 heavy (non-hydrogen) atoms. The van der Waals surface area contributed by atoms with E-state index >= 15 is 0 Å². The minimum absolute atomic E-state index is 0.648. The van der Waals surface area contributed by atoms with Crippen LogP contribution in [0.5, 0.6) is 5.88 Å². The zero-order valence-electron chi connectivity index (χ0n) is 4.75. The zero-order chi connectivity index (χ0) is 6.53. The lowest BCUT2D eigenvalue weighted by atomic mass is 10.5. The quantitative estimate of drug-likeness (QED) is 0.576. The first-order valence-electron chi connectivity index (χ1n) is 2.53. The van der Waals surface area contributed by atoms with Gasteiger partial charge in [-0.3, -0.25) is 0 Å². The maximum absolute atomic E-state index is 5.08. The molecular formula is C6H6INO. The van der Waals surface area contributed by atoms with Crippen LogP contribution in [0.2, 0.25) is 0 Å². The van der Waals surface area contributed by atoms with E-state index in [9.17, 15) is 0 Å². The number of alkyl halides is 1. The molecule has 0 fully saturated rings. The Morgan fingerprint density at radius 1 is 1.56 bits per heavy atom. The highest BCUT2D eigenvalue weighted by Crippen LogP contribution is 2.03. The molecule has 0 radical (unpaired) electrons. The van der Waals surface area contributed by atoms with E-state index < -0.39 is 0 Å². The number of rotatable bonds is 2. The fraction of sp³-hybridized carbons (Fsp3) is 0.167. The predicted octanol–water partition coefficient (Wildman–Crippen LogP) is 1.85. The third kappa shape index (κ3) is 2.17. The van der Waals surface area contributed by atoms with Gasteiger partial charge < -0.3 is 4.74 Å². The van der Waals surface area contributed by atoms with Crippen LogP contribution >= 0.6 is 22.6 Å². The minimum Gasteiger partial charge on any atom is -0.467 e. The first kappa shape index (κ1) is 6.80. The second-order valence-electron chi connectivity index (χ2n) is 1.42. The van der Waals surface area contributed by atoms with Crippen LogP contribution in [0.4, 0.5) is 0 Å². The van der Waals surface area contributed by atoms with E-state index in [2.05, 4.69) is 27.6 Å². The largest absolute Gasteiger partial charge is 0.467 e. The molecule has 0 atom stereocenters. The SMILES string of the molecule is ICOc1ccccn1. The van der Waals surface area contributed by atoms with E-state index in [4.69, 9.17) is 4.74 Å². The maximum atomic E-state index is 5.08. The van der Waals surface area contributed by atoms with Crippen LogP contribution < -0.4 is 4.74 Å². The normalized spacial score (nSPS) is 9.00. The van der Waals surface area contributed by atoms with E-state index in [-0.39, 0.29) is 0 Å². The van der Waals surface area contributed by atoms with Gasteiger partial charge in [0.1, 0.15) is 4.61 Å². The van der Waals surface area contributed by atoms with Crippen molar-refractivity contribution in [2.24, 2.45) is 0 Å². The lowest BCUT2D eigenvalue weighted by molar-refractivity contribution is 0.388. The third-order valence-corrected chi connectivity index (χ3v) is 1.15. The smallest absolute Gasteiger partial charge is 0.213 e. The fourth-order valence-electron chi connectivity index (χ4n) is 0.488. The number of halogens is 1. The van der Waals surface area contributed by atoms with Gasteiger partial charge in [0.05, 0.1) is 0 Å². The average molecular weight is 235 g/mol. The summed E-state index contributed by atoms with van der Waals surface area (Å²) >= 11 is 2.13. The first-order chi connectivity index (χ1) is 4.43. The predicted molar refractivity (Wildman–Crippen MR) is 43.8 cm³/mol. The summed E-state index contributed by atoms with van der Waals surface area (Å²) in [6, 6.07) is 5.59. The topological polar surface area (TPSA) is 22.1 Å². The molecule has 0 unspecified atom stereocenters. The number of nitrogens with zero attached hydrogens (tertiary/aromatic N) is 1. The van der Waals surface area contributed by atoms with Crippen molar-refractivity contribution in [2.75, 3.05) is 4.61 Å². The summed E-state index contributed by atoms with van der Waals surface area (Å²) in [5, 5.41) is 0. The lowest BCUT2D eigenvalue weighted by Crippen LogP contribution is -1.89. The number of hydrogen-bond acceptors (Lipinski definition) is 2. The van der Waals surface area contributed by atoms with Gasteiger partial charge in [0.2, 0.25) is 5.88 Å². The van der Waals surface area contributed by atoms with Crippen molar-refractivity contribution in [1.29, 1.82) is 0 Å². The molecule has 0 aromatic carbocycles. The highest BCUT2D eigenvalue weighted by molar-refractivity contribution is 14.1. The van der Waals surface area contributed by atoms with Gasteiger partial charge in [-0.05, 0) is 28.7 Å². The first-order valence-corrected chi connectivity index (χ1v) is 4.06. The second-order valence-corrected chi connectivity index (χ2v) is 2.04. The summed E-state index contributed by atoms with van der Waals surface area (Å²) in [5.41, 5.74) is 0. The summed E-state index contributed by atoms with van der Waals surface area (Å²) in [7, 11) is 0. The molecule has 0 saturated heterocycles. The molecule has 0 bridgehead atoms. The lowest BCUT2D eigenvalue weighted by Gasteiger charge is -1.96.